The largest absolute Gasteiger partial charge is 0.368 e. The van der Waals surface area contributed by atoms with Crippen molar-refractivity contribution >= 4 is 34.7 Å². The minimum Gasteiger partial charge on any atom is -0.368 e. The number of aromatic nitrogens is 4. The number of ketones is 1. The van der Waals surface area contributed by atoms with Crippen molar-refractivity contribution in [2.75, 3.05) is 5.73 Å². The summed E-state index contributed by atoms with van der Waals surface area (Å²) in [6.45, 7) is 1.48. The number of nitrogens with zero attached hydrogens (tertiary/aromatic N) is 3. The van der Waals surface area contributed by atoms with E-state index in [0.29, 0.717) is 16.2 Å². The van der Waals surface area contributed by atoms with E-state index in [9.17, 15) is 4.79 Å². The van der Waals surface area contributed by atoms with Gasteiger partial charge in [0.1, 0.15) is 10.5 Å². The molecule has 2 heterocycles. The average Bonchev–Trinajstić information content (AvgIpc) is 2.64. The molecule has 2 rings (SSSR count). The van der Waals surface area contributed by atoms with Gasteiger partial charge >= 0.3 is 0 Å². The summed E-state index contributed by atoms with van der Waals surface area (Å²) >= 11 is 1.29. The highest BCUT2D eigenvalue weighted by atomic mass is 32.2. The third kappa shape index (κ3) is 2.19. The number of rotatable bonds is 3. The van der Waals surface area contributed by atoms with Gasteiger partial charge in [-0.25, -0.2) is 9.97 Å². The summed E-state index contributed by atoms with van der Waals surface area (Å²) in [5, 5.41) is 2.31. The number of carbonyl (C=O) groups excluding carboxylic acids is 1. The van der Waals surface area contributed by atoms with Gasteiger partial charge in [0.15, 0.2) is 11.4 Å². The number of imidazole rings is 1. The van der Waals surface area contributed by atoms with Crippen molar-refractivity contribution in [3.05, 3.63) is 17.8 Å². The first-order valence-corrected chi connectivity index (χ1v) is 5.35. The molecule has 0 bridgehead atoms. The van der Waals surface area contributed by atoms with Gasteiger partial charge < -0.3 is 10.7 Å². The van der Waals surface area contributed by atoms with Gasteiger partial charge in [-0.15, -0.1) is 0 Å². The molecule has 0 radical (unpaired) electrons. The van der Waals surface area contributed by atoms with Gasteiger partial charge in [-0.05, 0) is 18.4 Å². The maximum atomic E-state index is 10.7. The van der Waals surface area contributed by atoms with Gasteiger partial charge in [-0.3, -0.25) is 4.79 Å². The number of aromatic amines is 1. The second-order valence-electron chi connectivity index (χ2n) is 3.02. The molecular formula is C9H9N5OS. The lowest BCUT2D eigenvalue weighted by Gasteiger charge is -1.98. The number of allylic oxidation sites excluding steroid dienone is 1. The van der Waals surface area contributed by atoms with Crippen LogP contribution in [0.15, 0.2) is 22.8 Å². The zero-order chi connectivity index (χ0) is 11.5. The average molecular weight is 235 g/mol. The van der Waals surface area contributed by atoms with Crippen molar-refractivity contribution in [3.8, 4) is 0 Å². The van der Waals surface area contributed by atoms with Crippen molar-refractivity contribution < 1.29 is 4.79 Å². The zero-order valence-corrected chi connectivity index (χ0v) is 9.28. The highest BCUT2D eigenvalue weighted by Crippen LogP contribution is 2.24. The molecule has 0 atom stereocenters. The van der Waals surface area contributed by atoms with E-state index in [4.69, 9.17) is 5.73 Å². The molecule has 0 unspecified atom stereocenters. The first-order valence-electron chi connectivity index (χ1n) is 4.47. The van der Waals surface area contributed by atoms with Crippen LogP contribution in [0.4, 0.5) is 5.95 Å². The lowest BCUT2D eigenvalue weighted by atomic mass is 10.5. The monoisotopic (exact) mass is 235 g/mol. The molecule has 0 aromatic carbocycles. The van der Waals surface area contributed by atoms with Gasteiger partial charge in [-0.2, -0.15) is 4.98 Å². The zero-order valence-electron chi connectivity index (χ0n) is 8.47. The van der Waals surface area contributed by atoms with Crippen LogP contribution in [0.25, 0.3) is 11.2 Å². The third-order valence-electron chi connectivity index (χ3n) is 1.75. The van der Waals surface area contributed by atoms with Crippen molar-refractivity contribution in [2.45, 2.75) is 11.9 Å². The number of anilines is 1. The number of hydrogen-bond acceptors (Lipinski definition) is 6. The van der Waals surface area contributed by atoms with Crippen LogP contribution in [-0.2, 0) is 4.79 Å². The summed E-state index contributed by atoms with van der Waals surface area (Å²) in [5.41, 5.74) is 6.77. The molecule has 0 fully saturated rings. The molecule has 0 saturated heterocycles. The van der Waals surface area contributed by atoms with Crippen LogP contribution >= 0.6 is 11.8 Å². The molecule has 7 heteroatoms. The Morgan fingerprint density at radius 2 is 2.38 bits per heavy atom. The maximum Gasteiger partial charge on any atom is 0.223 e. The normalized spacial score (nSPS) is 11.3. The van der Waals surface area contributed by atoms with E-state index in [1.54, 1.807) is 5.41 Å². The summed E-state index contributed by atoms with van der Waals surface area (Å²) < 4.78 is 0. The van der Waals surface area contributed by atoms with E-state index in [2.05, 4.69) is 19.9 Å². The SMILES string of the molecule is CC(=O)C=CSc1nc(N)nc2nc[nH]c12. The number of hydrogen-bond donors (Lipinski definition) is 2. The first kappa shape index (κ1) is 10.6. The Balaban J connectivity index is 2.35. The molecule has 82 valence electrons. The molecule has 0 amide bonds. The molecule has 6 nitrogen and oxygen atoms in total. The molecule has 0 aliphatic rings. The lowest BCUT2D eigenvalue weighted by molar-refractivity contribution is -0.112. The second-order valence-corrected chi connectivity index (χ2v) is 3.91. The fourth-order valence-corrected chi connectivity index (χ4v) is 1.91. The minimum absolute atomic E-state index is 0.0182. The highest BCUT2D eigenvalue weighted by Gasteiger charge is 2.07. The summed E-state index contributed by atoms with van der Waals surface area (Å²) in [5.74, 6) is 0.147. The Morgan fingerprint density at radius 3 is 3.12 bits per heavy atom. The smallest absolute Gasteiger partial charge is 0.223 e. The molecular weight excluding hydrogens is 226 g/mol. The molecule has 3 N–H and O–H groups in total. The molecule has 0 aliphatic carbocycles. The van der Waals surface area contributed by atoms with E-state index in [0.717, 1.165) is 0 Å². The van der Waals surface area contributed by atoms with Crippen LogP contribution in [0.1, 0.15) is 6.92 Å². The van der Waals surface area contributed by atoms with E-state index < -0.39 is 0 Å². The Labute approximate surface area is 95.4 Å². The molecule has 0 saturated carbocycles. The van der Waals surface area contributed by atoms with Gasteiger partial charge in [-0.1, -0.05) is 11.8 Å². The van der Waals surface area contributed by atoms with Crippen LogP contribution in [0.2, 0.25) is 0 Å². The second kappa shape index (κ2) is 4.31. The predicted molar refractivity (Wildman–Crippen MR) is 61.8 cm³/mol. The quantitative estimate of drug-likeness (QED) is 0.470. The number of nitrogens with two attached hydrogens (primary N) is 1. The summed E-state index contributed by atoms with van der Waals surface area (Å²) in [7, 11) is 0. The molecule has 2 aromatic rings. The number of H-pyrrole nitrogens is 1. The Bertz CT molecular complexity index is 562. The van der Waals surface area contributed by atoms with Crippen LogP contribution < -0.4 is 5.73 Å². The van der Waals surface area contributed by atoms with Crippen LogP contribution in [0.5, 0.6) is 0 Å². The summed E-state index contributed by atoms with van der Waals surface area (Å²) in [6, 6.07) is 0. The Kier molecular flexibility index (Phi) is 2.86. The van der Waals surface area contributed by atoms with Crippen LogP contribution in [-0.4, -0.2) is 25.7 Å². The fraction of sp³-hybridized carbons (Fsp3) is 0.111. The number of nitrogens with one attached hydrogen (secondary N) is 1. The Hall–Kier alpha value is -1.89. The lowest BCUT2D eigenvalue weighted by Crippen LogP contribution is -1.96. The first-order chi connectivity index (χ1) is 7.66. The van der Waals surface area contributed by atoms with Gasteiger partial charge in [0.25, 0.3) is 0 Å². The highest BCUT2D eigenvalue weighted by molar-refractivity contribution is 8.02. The van der Waals surface area contributed by atoms with Crippen molar-refractivity contribution in [1.29, 1.82) is 0 Å². The standard InChI is InChI=1S/C9H9N5OS/c1-5(15)2-3-16-8-6-7(12-4-11-6)13-9(10)14-8/h2-4H,1H3,(H3,10,11,12,13,14). The van der Waals surface area contributed by atoms with Crippen molar-refractivity contribution in [2.24, 2.45) is 0 Å². The summed E-state index contributed by atoms with van der Waals surface area (Å²) in [6.07, 6.45) is 2.99. The number of thioether (sulfide) groups is 1. The fourth-order valence-electron chi connectivity index (χ4n) is 1.10. The van der Waals surface area contributed by atoms with Crippen LogP contribution in [0, 0.1) is 0 Å². The number of fused-ring (bicyclic) bond motifs is 1. The predicted octanol–water partition coefficient (Wildman–Crippen LogP) is 1.13. The molecule has 0 aliphatic heterocycles. The van der Waals surface area contributed by atoms with Gasteiger partial charge in [0.2, 0.25) is 5.95 Å². The van der Waals surface area contributed by atoms with Crippen molar-refractivity contribution in [1.82, 2.24) is 19.9 Å². The number of nitrogen functional groups attached to an aromatic ring is 1. The molecule has 0 spiro atoms. The molecule has 2 aromatic heterocycles. The van der Waals surface area contributed by atoms with E-state index >= 15 is 0 Å². The Morgan fingerprint density at radius 1 is 1.56 bits per heavy atom. The third-order valence-corrected chi connectivity index (χ3v) is 2.54. The van der Waals surface area contributed by atoms with Crippen molar-refractivity contribution in [3.63, 3.8) is 0 Å². The summed E-state index contributed by atoms with van der Waals surface area (Å²) in [4.78, 5) is 25.7. The maximum absolute atomic E-state index is 10.7. The topological polar surface area (TPSA) is 97.6 Å². The van der Waals surface area contributed by atoms with E-state index in [-0.39, 0.29) is 11.7 Å². The van der Waals surface area contributed by atoms with Gasteiger partial charge in [0.05, 0.1) is 6.33 Å². The number of carbonyl (C=O) groups is 1. The van der Waals surface area contributed by atoms with E-state index in [1.807, 2.05) is 0 Å². The minimum atomic E-state index is -0.0182. The van der Waals surface area contributed by atoms with Crippen LogP contribution in [0.3, 0.4) is 0 Å². The van der Waals surface area contributed by atoms with Gasteiger partial charge in [0, 0.05) is 0 Å². The van der Waals surface area contributed by atoms with E-state index in [1.165, 1.54) is 31.1 Å². The molecule has 16 heavy (non-hydrogen) atoms.